The van der Waals surface area contributed by atoms with E-state index in [0.717, 1.165) is 9.80 Å². The Hall–Kier alpha value is -1.93. The van der Waals surface area contributed by atoms with E-state index in [9.17, 15) is 29.1 Å². The summed E-state index contributed by atoms with van der Waals surface area (Å²) in [5.41, 5.74) is 0. The molecule has 18 heteroatoms. The Balaban J connectivity index is -0.000000598. The van der Waals surface area contributed by atoms with Crippen molar-refractivity contribution in [2.45, 2.75) is 24.4 Å². The van der Waals surface area contributed by atoms with E-state index in [-0.39, 0.29) is 42.6 Å². The smallest absolute Gasteiger partial charge is 0.547 e. The summed E-state index contributed by atoms with van der Waals surface area (Å²) in [4.78, 5) is 54.3. The van der Waals surface area contributed by atoms with E-state index >= 15 is 0 Å². The topological polar surface area (TPSA) is 297 Å². The molecule has 4 atom stereocenters. The Labute approximate surface area is 214 Å². The fourth-order valence-corrected chi connectivity index (χ4v) is 2.14. The minimum atomic E-state index is -2.31. The molecule has 0 heterocycles. The number of carbonyl (C=O) groups is 5. The molecule has 0 aliphatic heterocycles. The van der Waals surface area contributed by atoms with Gasteiger partial charge in [-0.3, -0.25) is 29.0 Å². The average Bonchev–Trinajstić information content (AvgIpc) is 2.68. The van der Waals surface area contributed by atoms with Crippen molar-refractivity contribution in [3.05, 3.63) is 0 Å². The molecule has 192 valence electrons. The van der Waals surface area contributed by atoms with Crippen molar-refractivity contribution in [1.29, 1.82) is 0 Å². The van der Waals surface area contributed by atoms with Crippen molar-refractivity contribution in [2.24, 2.45) is 0 Å². The zero-order valence-corrected chi connectivity index (χ0v) is 20.1. The Morgan fingerprint density at radius 3 is 1.15 bits per heavy atom. The van der Waals surface area contributed by atoms with E-state index in [1.165, 1.54) is 0 Å². The van der Waals surface area contributed by atoms with Crippen LogP contribution < -0.4 is 34.7 Å². The van der Waals surface area contributed by atoms with Crippen LogP contribution in [0.4, 0.5) is 0 Å². The number of carboxylic acid groups (broad SMARTS) is 5. The summed E-state index contributed by atoms with van der Waals surface area (Å²) in [6.45, 7) is -3.11. The molecule has 0 aromatic rings. The zero-order valence-electron chi connectivity index (χ0n) is 18.1. The molecule has 9 N–H and O–H groups in total. The Morgan fingerprint density at radius 1 is 0.647 bits per heavy atom. The van der Waals surface area contributed by atoms with E-state index in [0.29, 0.717) is 0 Å². The van der Waals surface area contributed by atoms with Crippen LogP contribution in [-0.4, -0.2) is 156 Å². The van der Waals surface area contributed by atoms with Crippen LogP contribution in [0.2, 0.25) is 0 Å². The number of aliphatic carboxylic acids is 5. The maximum atomic E-state index is 10.6. The SMILES string of the molecule is O=C(O)CN(CCN(CC(=O)O)CC(=O)O)CC(=O)O.O=C([O-])[C@H](O)[C@@H](O)[C@H](O)[C@H](O)CO.[Na+]. The van der Waals surface area contributed by atoms with Crippen molar-refractivity contribution in [3.63, 3.8) is 0 Å². The molecule has 0 aromatic carbocycles. The van der Waals surface area contributed by atoms with Crippen LogP contribution in [0.1, 0.15) is 0 Å². The first kappa shape index (κ1) is 36.6. The summed E-state index contributed by atoms with van der Waals surface area (Å²) >= 11 is 0. The number of hydrogen-bond acceptors (Lipinski definition) is 13. The molecule has 0 fully saturated rings. The van der Waals surface area contributed by atoms with Gasteiger partial charge in [-0.1, -0.05) is 0 Å². The summed E-state index contributed by atoms with van der Waals surface area (Å²) in [6.07, 6.45) is -8.08. The van der Waals surface area contributed by atoms with E-state index in [1.807, 2.05) is 0 Å². The minimum absolute atomic E-state index is 0. The first-order chi connectivity index (χ1) is 15.1. The van der Waals surface area contributed by atoms with Gasteiger partial charge in [0.2, 0.25) is 0 Å². The van der Waals surface area contributed by atoms with E-state index in [1.54, 1.807) is 0 Å². The molecule has 0 aliphatic rings. The molecule has 17 nitrogen and oxygen atoms in total. The van der Waals surface area contributed by atoms with Crippen molar-refractivity contribution >= 4 is 29.8 Å². The molecule has 34 heavy (non-hydrogen) atoms. The molecule has 0 bridgehead atoms. The standard InChI is InChI=1S/C10H16N2O8.C6H12O7.Na/c13-7(14)3-11(4-8(15)16)1-2-12(5-9(17)18)6-10(19)20;7-1-2(8)3(9)4(10)5(11)6(12)13;/h1-6H2,(H,13,14)(H,15,16)(H,17,18)(H,19,20);2-5,7-11H,1H2,(H,12,13);/q;;+1/p-1/t;2-,3-,4+,5-;/m.1./s1. The summed E-state index contributed by atoms with van der Waals surface area (Å²) in [6, 6.07) is 0. The molecule has 0 aliphatic carbocycles. The quantitative estimate of drug-likeness (QED) is 0.0870. The van der Waals surface area contributed by atoms with Gasteiger partial charge in [0.25, 0.3) is 0 Å². The van der Waals surface area contributed by atoms with Crippen molar-refractivity contribution in [1.82, 2.24) is 9.80 Å². The van der Waals surface area contributed by atoms with E-state index in [2.05, 4.69) is 0 Å². The van der Waals surface area contributed by atoms with Gasteiger partial charge in [-0.25, -0.2) is 0 Å². The molecule has 0 spiro atoms. The second-order valence-corrected chi connectivity index (χ2v) is 6.49. The third-order valence-corrected chi connectivity index (χ3v) is 3.66. The third kappa shape index (κ3) is 18.5. The number of aliphatic hydroxyl groups is 5. The third-order valence-electron chi connectivity index (χ3n) is 3.66. The number of hydrogen-bond donors (Lipinski definition) is 9. The molecule has 0 rings (SSSR count). The van der Waals surface area contributed by atoms with Gasteiger partial charge < -0.3 is 55.9 Å². The van der Waals surface area contributed by atoms with Gasteiger partial charge in [0, 0.05) is 13.1 Å². The van der Waals surface area contributed by atoms with Gasteiger partial charge in [-0.15, -0.1) is 0 Å². The van der Waals surface area contributed by atoms with Gasteiger partial charge in [0.15, 0.2) is 0 Å². The monoisotopic (exact) mass is 510 g/mol. The molecular weight excluding hydrogens is 483 g/mol. The molecule has 0 saturated carbocycles. The molecular formula is C16H27N2NaO15. The fraction of sp³-hybridized carbons (Fsp3) is 0.688. The summed E-state index contributed by atoms with van der Waals surface area (Å²) in [5.74, 6) is -6.89. The number of rotatable bonds is 16. The number of carboxylic acids is 5. The van der Waals surface area contributed by atoms with Gasteiger partial charge in [0.1, 0.15) is 24.4 Å². The molecule has 0 radical (unpaired) electrons. The molecule has 0 saturated heterocycles. The largest absolute Gasteiger partial charge is 1.00 e. The van der Waals surface area contributed by atoms with Gasteiger partial charge >= 0.3 is 53.4 Å². The van der Waals surface area contributed by atoms with Crippen molar-refractivity contribution in [3.8, 4) is 0 Å². The Bertz CT molecular complexity index is 596. The van der Waals surface area contributed by atoms with Crippen LogP contribution in [0.15, 0.2) is 0 Å². The summed E-state index contributed by atoms with van der Waals surface area (Å²) < 4.78 is 0. The van der Waals surface area contributed by atoms with Gasteiger partial charge in [0.05, 0.1) is 38.8 Å². The van der Waals surface area contributed by atoms with E-state index < -0.39 is 87.0 Å². The second kappa shape index (κ2) is 19.4. The van der Waals surface area contributed by atoms with Crippen LogP contribution in [0.5, 0.6) is 0 Å². The van der Waals surface area contributed by atoms with Crippen molar-refractivity contribution < 1.29 is 105 Å². The van der Waals surface area contributed by atoms with Crippen LogP contribution in [0.3, 0.4) is 0 Å². The molecule has 0 aromatic heterocycles. The van der Waals surface area contributed by atoms with Crippen LogP contribution in [0, 0.1) is 0 Å². The normalized spacial score (nSPS) is 14.1. The number of nitrogens with zero attached hydrogens (tertiary/aromatic N) is 2. The zero-order chi connectivity index (χ0) is 26.3. The maximum Gasteiger partial charge on any atom is 1.00 e. The number of aliphatic hydroxyl groups excluding tert-OH is 5. The summed E-state index contributed by atoms with van der Waals surface area (Å²) in [7, 11) is 0. The fourth-order valence-electron chi connectivity index (χ4n) is 2.14. The average molecular weight is 510 g/mol. The van der Waals surface area contributed by atoms with Crippen LogP contribution in [-0.2, 0) is 24.0 Å². The van der Waals surface area contributed by atoms with Gasteiger partial charge in [-0.05, 0) is 0 Å². The van der Waals surface area contributed by atoms with Crippen LogP contribution in [0.25, 0.3) is 0 Å². The van der Waals surface area contributed by atoms with Crippen molar-refractivity contribution in [2.75, 3.05) is 45.9 Å². The van der Waals surface area contributed by atoms with Gasteiger partial charge in [-0.2, -0.15) is 0 Å². The molecule has 0 amide bonds. The Kier molecular flexibility index (Phi) is 20.9. The first-order valence-electron chi connectivity index (χ1n) is 8.98. The Morgan fingerprint density at radius 2 is 0.941 bits per heavy atom. The number of carbonyl (C=O) groups excluding carboxylic acids is 1. The summed E-state index contributed by atoms with van der Waals surface area (Å²) in [5, 5.41) is 87.9. The maximum absolute atomic E-state index is 10.6. The molecule has 0 unspecified atom stereocenters. The minimum Gasteiger partial charge on any atom is -0.547 e. The van der Waals surface area contributed by atoms with E-state index in [4.69, 9.17) is 46.0 Å². The first-order valence-corrected chi connectivity index (χ1v) is 8.98. The van der Waals surface area contributed by atoms with Crippen LogP contribution >= 0.6 is 0 Å². The predicted molar refractivity (Wildman–Crippen MR) is 99.5 cm³/mol. The predicted octanol–water partition coefficient (Wildman–Crippen LogP) is -9.90. The second-order valence-electron chi connectivity index (χ2n) is 6.49.